The lowest BCUT2D eigenvalue weighted by Gasteiger charge is -2.30. The van der Waals surface area contributed by atoms with E-state index < -0.39 is 5.91 Å². The number of ether oxygens (including phenoxy) is 3. The fourth-order valence-corrected chi connectivity index (χ4v) is 4.49. The molecule has 1 aliphatic carbocycles. The Balaban J connectivity index is 1.62. The molecule has 1 saturated carbocycles. The van der Waals surface area contributed by atoms with Crippen LogP contribution in [0.5, 0.6) is 17.2 Å². The van der Waals surface area contributed by atoms with Gasteiger partial charge in [-0.3, -0.25) is 19.3 Å². The molecule has 4 rings (SSSR count). The van der Waals surface area contributed by atoms with Gasteiger partial charge in [0.25, 0.3) is 11.8 Å². The van der Waals surface area contributed by atoms with Crippen LogP contribution >= 0.6 is 0 Å². The summed E-state index contributed by atoms with van der Waals surface area (Å²) < 4.78 is 16.0. The number of hydrogen-bond donors (Lipinski definition) is 2. The van der Waals surface area contributed by atoms with Gasteiger partial charge in [-0.05, 0) is 43.2 Å². The molecule has 0 bridgehead atoms. The first-order valence-corrected chi connectivity index (χ1v) is 11.3. The summed E-state index contributed by atoms with van der Waals surface area (Å²) in [5.74, 6) is 0.0973. The number of amides is 3. The minimum absolute atomic E-state index is 0.157. The molecule has 1 aliphatic heterocycles. The van der Waals surface area contributed by atoms with E-state index in [0.29, 0.717) is 34.2 Å². The number of rotatable bonds is 6. The third-order valence-corrected chi connectivity index (χ3v) is 6.22. The molecule has 34 heavy (non-hydrogen) atoms. The first kappa shape index (κ1) is 23.4. The maximum atomic E-state index is 13.4. The van der Waals surface area contributed by atoms with Gasteiger partial charge in [-0.15, -0.1) is 0 Å². The van der Waals surface area contributed by atoms with Crippen molar-refractivity contribution < 1.29 is 28.6 Å². The van der Waals surface area contributed by atoms with E-state index in [-0.39, 0.29) is 30.0 Å². The molecular weight excluding hydrogens is 438 g/mol. The van der Waals surface area contributed by atoms with E-state index in [1.807, 2.05) is 0 Å². The van der Waals surface area contributed by atoms with Gasteiger partial charge in [0.1, 0.15) is 6.54 Å². The number of carbonyl (C=O) groups is 3. The smallest absolute Gasteiger partial charge is 0.259 e. The predicted molar refractivity (Wildman–Crippen MR) is 127 cm³/mol. The van der Waals surface area contributed by atoms with E-state index in [4.69, 9.17) is 14.2 Å². The lowest BCUT2D eigenvalue weighted by atomic mass is 9.95. The fraction of sp³-hybridized carbons (Fsp3) is 0.400. The highest BCUT2D eigenvalue weighted by Crippen LogP contribution is 2.39. The zero-order valence-electron chi connectivity index (χ0n) is 19.6. The van der Waals surface area contributed by atoms with E-state index in [1.165, 1.54) is 32.7 Å². The number of hydrogen-bond acceptors (Lipinski definition) is 6. The van der Waals surface area contributed by atoms with E-state index >= 15 is 0 Å². The summed E-state index contributed by atoms with van der Waals surface area (Å²) in [5.41, 5.74) is 1.63. The molecule has 9 nitrogen and oxygen atoms in total. The molecule has 0 spiro atoms. The number of nitrogens with zero attached hydrogens (tertiary/aromatic N) is 1. The van der Waals surface area contributed by atoms with Crippen LogP contribution < -0.4 is 29.7 Å². The highest BCUT2D eigenvalue weighted by Gasteiger charge is 2.30. The number of carbonyl (C=O) groups excluding carboxylic acids is 3. The lowest BCUT2D eigenvalue weighted by Crippen LogP contribution is -2.42. The Morgan fingerprint density at radius 2 is 1.62 bits per heavy atom. The molecule has 9 heteroatoms. The van der Waals surface area contributed by atoms with Crippen molar-refractivity contribution in [2.75, 3.05) is 38.1 Å². The average molecular weight is 468 g/mol. The fourth-order valence-electron chi connectivity index (χ4n) is 4.49. The quantitative estimate of drug-likeness (QED) is 0.675. The van der Waals surface area contributed by atoms with Crippen molar-refractivity contribution in [2.24, 2.45) is 0 Å². The van der Waals surface area contributed by atoms with E-state index in [0.717, 1.165) is 25.7 Å². The predicted octanol–water partition coefficient (Wildman–Crippen LogP) is 3.37. The van der Waals surface area contributed by atoms with Gasteiger partial charge in [-0.25, -0.2) is 0 Å². The van der Waals surface area contributed by atoms with Crippen molar-refractivity contribution in [3.05, 3.63) is 41.5 Å². The van der Waals surface area contributed by atoms with Crippen LogP contribution in [0.25, 0.3) is 0 Å². The Kier molecular flexibility index (Phi) is 6.90. The molecule has 2 aromatic carbocycles. The number of benzene rings is 2. The van der Waals surface area contributed by atoms with Crippen LogP contribution in [0.4, 0.5) is 11.4 Å². The molecule has 0 unspecified atom stereocenters. The van der Waals surface area contributed by atoms with Crippen LogP contribution in [-0.4, -0.2) is 51.6 Å². The summed E-state index contributed by atoms with van der Waals surface area (Å²) in [6.07, 6.45) is 5.38. The topological polar surface area (TPSA) is 106 Å². The summed E-state index contributed by atoms with van der Waals surface area (Å²) in [7, 11) is 4.42. The molecule has 0 atom stereocenters. The maximum Gasteiger partial charge on any atom is 0.259 e. The van der Waals surface area contributed by atoms with E-state index in [1.54, 1.807) is 30.3 Å². The SMILES string of the molecule is COc1cc(C(=O)N2CC(=O)Nc3cc(C(=O)NC4CCCCC4)ccc32)cc(OC)c1OC. The molecule has 3 amide bonds. The molecule has 0 saturated heterocycles. The minimum atomic E-state index is -0.408. The third-order valence-electron chi connectivity index (χ3n) is 6.22. The van der Waals surface area contributed by atoms with Crippen LogP contribution in [0.1, 0.15) is 52.8 Å². The molecule has 2 aliphatic rings. The van der Waals surface area contributed by atoms with Gasteiger partial charge in [-0.1, -0.05) is 19.3 Å². The molecule has 2 N–H and O–H groups in total. The van der Waals surface area contributed by atoms with Gasteiger partial charge in [0.2, 0.25) is 11.7 Å². The lowest BCUT2D eigenvalue weighted by molar-refractivity contribution is -0.115. The summed E-state index contributed by atoms with van der Waals surface area (Å²) in [6.45, 7) is -0.157. The van der Waals surface area contributed by atoms with Crippen LogP contribution in [0.15, 0.2) is 30.3 Å². The summed E-state index contributed by atoms with van der Waals surface area (Å²) in [4.78, 5) is 40.0. The van der Waals surface area contributed by atoms with Crippen LogP contribution in [0, 0.1) is 0 Å². The number of fused-ring (bicyclic) bond motifs is 1. The van der Waals surface area contributed by atoms with Crippen molar-refractivity contribution >= 4 is 29.1 Å². The van der Waals surface area contributed by atoms with Gasteiger partial charge in [-0.2, -0.15) is 0 Å². The van der Waals surface area contributed by atoms with Crippen molar-refractivity contribution in [1.82, 2.24) is 5.32 Å². The molecule has 0 radical (unpaired) electrons. The van der Waals surface area contributed by atoms with Crippen LogP contribution in [-0.2, 0) is 4.79 Å². The average Bonchev–Trinajstić information content (AvgIpc) is 2.86. The first-order valence-electron chi connectivity index (χ1n) is 11.3. The third kappa shape index (κ3) is 4.64. The first-order chi connectivity index (χ1) is 16.4. The molecule has 1 fully saturated rings. The van der Waals surface area contributed by atoms with Gasteiger partial charge in [0.05, 0.1) is 32.7 Å². The highest BCUT2D eigenvalue weighted by atomic mass is 16.5. The van der Waals surface area contributed by atoms with Crippen LogP contribution in [0.2, 0.25) is 0 Å². The largest absolute Gasteiger partial charge is 0.493 e. The Morgan fingerprint density at radius 1 is 0.941 bits per heavy atom. The Bertz CT molecular complexity index is 1080. The van der Waals surface area contributed by atoms with E-state index in [9.17, 15) is 14.4 Å². The van der Waals surface area contributed by atoms with Crippen molar-refractivity contribution in [3.8, 4) is 17.2 Å². The van der Waals surface area contributed by atoms with Gasteiger partial charge in [0.15, 0.2) is 11.5 Å². The second-order valence-corrected chi connectivity index (χ2v) is 8.39. The molecule has 0 aromatic heterocycles. The maximum absolute atomic E-state index is 13.4. The van der Waals surface area contributed by atoms with Gasteiger partial charge in [0, 0.05) is 17.2 Å². The molecule has 180 valence electrons. The normalized spacial score (nSPS) is 15.7. The zero-order chi connectivity index (χ0) is 24.2. The number of nitrogens with one attached hydrogen (secondary N) is 2. The molecular formula is C25H29N3O6. The summed E-state index contributed by atoms with van der Waals surface area (Å²) in [5, 5.41) is 5.85. The number of methoxy groups -OCH3 is 3. The molecule has 2 aromatic rings. The standard InChI is InChI=1S/C25H29N3O6/c1-32-20-12-16(13-21(33-2)23(20)34-3)25(31)28-14-22(29)27-18-11-15(9-10-19(18)28)24(30)26-17-7-5-4-6-8-17/h9-13,17H,4-8,14H2,1-3H3,(H,26,30)(H,27,29). The highest BCUT2D eigenvalue weighted by molar-refractivity contribution is 6.16. The second kappa shape index (κ2) is 10.0. The monoisotopic (exact) mass is 467 g/mol. The summed E-state index contributed by atoms with van der Waals surface area (Å²) in [6, 6.07) is 8.22. The molecule has 1 heterocycles. The van der Waals surface area contributed by atoms with E-state index in [2.05, 4.69) is 10.6 Å². The second-order valence-electron chi connectivity index (χ2n) is 8.39. The van der Waals surface area contributed by atoms with Crippen molar-refractivity contribution in [3.63, 3.8) is 0 Å². The Morgan fingerprint density at radius 3 is 2.24 bits per heavy atom. The Labute approximate surface area is 198 Å². The van der Waals surface area contributed by atoms with Crippen LogP contribution in [0.3, 0.4) is 0 Å². The Hall–Kier alpha value is -3.75. The van der Waals surface area contributed by atoms with Crippen molar-refractivity contribution in [1.29, 1.82) is 0 Å². The minimum Gasteiger partial charge on any atom is -0.493 e. The summed E-state index contributed by atoms with van der Waals surface area (Å²) >= 11 is 0. The van der Waals surface area contributed by atoms with Gasteiger partial charge < -0.3 is 24.8 Å². The van der Waals surface area contributed by atoms with Crippen molar-refractivity contribution in [2.45, 2.75) is 38.1 Å². The van der Waals surface area contributed by atoms with Gasteiger partial charge >= 0.3 is 0 Å². The zero-order valence-corrected chi connectivity index (χ0v) is 19.6. The number of anilines is 2.